The van der Waals surface area contributed by atoms with Crippen LogP contribution in [0, 0.1) is 0 Å². The van der Waals surface area contributed by atoms with E-state index in [1.54, 1.807) is 23.5 Å². The molecule has 0 unspecified atom stereocenters. The molecule has 2 aromatic heterocycles. The topological polar surface area (TPSA) is 84.1 Å². The van der Waals surface area contributed by atoms with Gasteiger partial charge in [-0.15, -0.1) is 11.3 Å². The summed E-state index contributed by atoms with van der Waals surface area (Å²) in [4.78, 5) is 22.7. The smallest absolute Gasteiger partial charge is 0.254 e. The van der Waals surface area contributed by atoms with Crippen LogP contribution in [0.4, 0.5) is 5.82 Å². The maximum Gasteiger partial charge on any atom is 0.254 e. The Morgan fingerprint density at radius 2 is 2.24 bits per heavy atom. The summed E-state index contributed by atoms with van der Waals surface area (Å²) < 4.78 is 0. The molecule has 0 fully saturated rings. The molecule has 6 nitrogen and oxygen atoms in total. The highest BCUT2D eigenvalue weighted by atomic mass is 32.1. The molecule has 2 rings (SSSR count). The number of nitrogen functional groups attached to an aromatic ring is 1. The number of hydrogen-bond donors (Lipinski definition) is 2. The van der Waals surface area contributed by atoms with Crippen LogP contribution in [-0.2, 0) is 13.0 Å². The van der Waals surface area contributed by atoms with Gasteiger partial charge in [0.05, 0.1) is 17.7 Å². The Bertz CT molecular complexity index is 599. The van der Waals surface area contributed by atoms with Crippen molar-refractivity contribution in [2.75, 3.05) is 12.5 Å². The van der Waals surface area contributed by atoms with E-state index in [-0.39, 0.29) is 5.91 Å². The van der Waals surface area contributed by atoms with E-state index in [2.05, 4.69) is 22.3 Å². The number of carbonyl (C=O) groups is 1. The minimum Gasteiger partial charge on any atom is -0.336 e. The van der Waals surface area contributed by atoms with E-state index in [0.717, 1.165) is 24.2 Å². The first-order chi connectivity index (χ1) is 10.1. The second kappa shape index (κ2) is 7.14. The zero-order valence-electron chi connectivity index (χ0n) is 12.2. The lowest BCUT2D eigenvalue weighted by Gasteiger charge is -2.17. The summed E-state index contributed by atoms with van der Waals surface area (Å²) in [5, 5.41) is 1.94. The van der Waals surface area contributed by atoms with Crippen LogP contribution in [0.2, 0.25) is 0 Å². The average Bonchev–Trinajstić information content (AvgIpc) is 2.99. The molecule has 1 amide bonds. The molecule has 2 aromatic rings. The standard InChI is InChI=1S/C14H19N5OS/c1-3-4-11-5-10(6-13(17-11)18-15)14(20)19(2)7-12-8-21-9-16-12/h5-6,8-9H,3-4,7,15H2,1-2H3,(H,17,18). The van der Waals surface area contributed by atoms with E-state index in [1.165, 1.54) is 11.3 Å². The molecular weight excluding hydrogens is 286 g/mol. The monoisotopic (exact) mass is 305 g/mol. The van der Waals surface area contributed by atoms with Crippen LogP contribution >= 0.6 is 11.3 Å². The highest BCUT2D eigenvalue weighted by Gasteiger charge is 2.15. The van der Waals surface area contributed by atoms with Gasteiger partial charge in [0.15, 0.2) is 0 Å². The van der Waals surface area contributed by atoms with Crippen molar-refractivity contribution >= 4 is 23.1 Å². The van der Waals surface area contributed by atoms with Crippen LogP contribution in [0.1, 0.15) is 35.1 Å². The number of nitrogens with two attached hydrogens (primary N) is 1. The average molecular weight is 305 g/mol. The highest BCUT2D eigenvalue weighted by Crippen LogP contribution is 2.14. The third-order valence-electron chi connectivity index (χ3n) is 3.01. The van der Waals surface area contributed by atoms with Crippen molar-refractivity contribution < 1.29 is 4.79 Å². The second-order valence-electron chi connectivity index (χ2n) is 4.77. The highest BCUT2D eigenvalue weighted by molar-refractivity contribution is 7.07. The van der Waals surface area contributed by atoms with Crippen molar-refractivity contribution in [3.8, 4) is 0 Å². The van der Waals surface area contributed by atoms with E-state index in [4.69, 9.17) is 5.84 Å². The number of carbonyl (C=O) groups excluding carboxylic acids is 1. The van der Waals surface area contributed by atoms with Crippen LogP contribution in [-0.4, -0.2) is 27.8 Å². The van der Waals surface area contributed by atoms with Gasteiger partial charge >= 0.3 is 0 Å². The van der Waals surface area contributed by atoms with E-state index in [0.29, 0.717) is 17.9 Å². The molecule has 0 saturated carbocycles. The lowest BCUT2D eigenvalue weighted by Crippen LogP contribution is -2.27. The third kappa shape index (κ3) is 3.99. The summed E-state index contributed by atoms with van der Waals surface area (Å²) in [5.41, 5.74) is 6.60. The van der Waals surface area contributed by atoms with E-state index in [1.807, 2.05) is 11.4 Å². The van der Waals surface area contributed by atoms with Crippen molar-refractivity contribution in [2.45, 2.75) is 26.3 Å². The first kappa shape index (κ1) is 15.4. The Kier molecular flexibility index (Phi) is 5.24. The molecule has 0 bridgehead atoms. The summed E-state index contributed by atoms with van der Waals surface area (Å²) >= 11 is 1.52. The fraction of sp³-hybridized carbons (Fsp3) is 0.357. The number of aromatic nitrogens is 2. The minimum atomic E-state index is -0.0701. The van der Waals surface area contributed by atoms with Crippen molar-refractivity contribution in [1.82, 2.24) is 14.9 Å². The van der Waals surface area contributed by atoms with Crippen molar-refractivity contribution in [2.24, 2.45) is 5.84 Å². The van der Waals surface area contributed by atoms with Crippen LogP contribution in [0.15, 0.2) is 23.0 Å². The molecular formula is C14H19N5OS. The maximum absolute atomic E-state index is 12.5. The zero-order valence-corrected chi connectivity index (χ0v) is 13.0. The number of hydrazine groups is 1. The van der Waals surface area contributed by atoms with Crippen molar-refractivity contribution in [3.05, 3.63) is 40.0 Å². The summed E-state index contributed by atoms with van der Waals surface area (Å²) in [7, 11) is 1.76. The molecule has 0 spiro atoms. The molecule has 7 heteroatoms. The summed E-state index contributed by atoms with van der Waals surface area (Å²) in [6.07, 6.45) is 1.77. The number of nitrogens with zero attached hydrogens (tertiary/aromatic N) is 3. The van der Waals surface area contributed by atoms with Crippen LogP contribution in [0.3, 0.4) is 0 Å². The number of rotatable bonds is 6. The Labute approximate surface area is 128 Å². The number of amides is 1. The minimum absolute atomic E-state index is 0.0701. The summed E-state index contributed by atoms with van der Waals surface area (Å²) in [6.45, 7) is 2.55. The van der Waals surface area contributed by atoms with Crippen molar-refractivity contribution in [3.63, 3.8) is 0 Å². The predicted octanol–water partition coefficient (Wildman–Crippen LogP) is 2.05. The van der Waals surface area contributed by atoms with Gasteiger partial charge in [-0.05, 0) is 18.6 Å². The molecule has 0 aliphatic heterocycles. The lowest BCUT2D eigenvalue weighted by molar-refractivity contribution is 0.0783. The second-order valence-corrected chi connectivity index (χ2v) is 5.49. The summed E-state index contributed by atoms with van der Waals surface area (Å²) in [6, 6.07) is 3.49. The van der Waals surface area contributed by atoms with Gasteiger partial charge in [0, 0.05) is 23.7 Å². The Balaban J connectivity index is 2.18. The molecule has 0 aliphatic rings. The number of aryl methyl sites for hydroxylation is 1. The molecule has 0 aliphatic carbocycles. The van der Waals surface area contributed by atoms with Crippen molar-refractivity contribution in [1.29, 1.82) is 0 Å². The molecule has 0 aromatic carbocycles. The van der Waals surface area contributed by atoms with Gasteiger partial charge in [0.2, 0.25) is 0 Å². The fourth-order valence-electron chi connectivity index (χ4n) is 2.02. The molecule has 3 N–H and O–H groups in total. The SMILES string of the molecule is CCCc1cc(C(=O)N(C)Cc2cscn2)cc(NN)n1. The van der Waals surface area contributed by atoms with Crippen LogP contribution in [0.25, 0.3) is 0 Å². The van der Waals surface area contributed by atoms with Gasteiger partial charge in [-0.3, -0.25) is 4.79 Å². The normalized spacial score (nSPS) is 10.4. The van der Waals surface area contributed by atoms with Crippen LogP contribution in [0.5, 0.6) is 0 Å². The molecule has 0 atom stereocenters. The van der Waals surface area contributed by atoms with Gasteiger partial charge in [0.25, 0.3) is 5.91 Å². The number of anilines is 1. The molecule has 21 heavy (non-hydrogen) atoms. The number of thiazole rings is 1. The zero-order chi connectivity index (χ0) is 15.2. The molecule has 2 heterocycles. The van der Waals surface area contributed by atoms with Gasteiger partial charge in [-0.1, -0.05) is 13.3 Å². The Morgan fingerprint density at radius 1 is 1.43 bits per heavy atom. The van der Waals surface area contributed by atoms with Gasteiger partial charge in [-0.25, -0.2) is 15.8 Å². The number of pyridine rings is 1. The number of hydrogen-bond acceptors (Lipinski definition) is 6. The van der Waals surface area contributed by atoms with E-state index < -0.39 is 0 Å². The molecule has 0 saturated heterocycles. The quantitative estimate of drug-likeness (QED) is 0.630. The number of nitrogens with one attached hydrogen (secondary N) is 1. The maximum atomic E-state index is 12.5. The Hall–Kier alpha value is -1.99. The van der Waals surface area contributed by atoms with E-state index >= 15 is 0 Å². The van der Waals surface area contributed by atoms with Crippen LogP contribution < -0.4 is 11.3 Å². The van der Waals surface area contributed by atoms with Gasteiger partial charge < -0.3 is 10.3 Å². The third-order valence-corrected chi connectivity index (χ3v) is 3.64. The largest absolute Gasteiger partial charge is 0.336 e. The van der Waals surface area contributed by atoms with Gasteiger partial charge in [0.1, 0.15) is 5.82 Å². The molecule has 0 radical (unpaired) electrons. The molecule has 112 valence electrons. The first-order valence-electron chi connectivity index (χ1n) is 6.74. The summed E-state index contributed by atoms with van der Waals surface area (Å²) in [5.74, 6) is 5.86. The lowest BCUT2D eigenvalue weighted by atomic mass is 10.1. The predicted molar refractivity (Wildman–Crippen MR) is 84.0 cm³/mol. The van der Waals surface area contributed by atoms with Gasteiger partial charge in [-0.2, -0.15) is 0 Å². The fourth-order valence-corrected chi connectivity index (χ4v) is 2.57. The Morgan fingerprint density at radius 3 is 2.86 bits per heavy atom. The van der Waals surface area contributed by atoms with E-state index in [9.17, 15) is 4.79 Å². The first-order valence-corrected chi connectivity index (χ1v) is 7.68.